The number of hydrogen-bond donors (Lipinski definition) is 0. The van der Waals surface area contributed by atoms with E-state index in [4.69, 9.17) is 4.74 Å². The predicted molar refractivity (Wildman–Crippen MR) is 78.8 cm³/mol. The Morgan fingerprint density at radius 2 is 2.19 bits per heavy atom. The van der Waals surface area contributed by atoms with Gasteiger partial charge in [0.15, 0.2) is 0 Å². The highest BCUT2D eigenvalue weighted by molar-refractivity contribution is 5.93. The van der Waals surface area contributed by atoms with Gasteiger partial charge >= 0.3 is 5.97 Å². The SMILES string of the molecule is C=CCN(CC(=O)OCC)C(=O)/C=C/c1cccc(F)c1. The highest BCUT2D eigenvalue weighted by Gasteiger charge is 2.14. The van der Waals surface area contributed by atoms with Crippen LogP contribution < -0.4 is 0 Å². The summed E-state index contributed by atoms with van der Waals surface area (Å²) in [5.41, 5.74) is 0.568. The van der Waals surface area contributed by atoms with Crippen molar-refractivity contribution in [1.82, 2.24) is 4.90 Å². The molecule has 0 atom stereocenters. The molecule has 1 rings (SSSR count). The van der Waals surface area contributed by atoms with Crippen LogP contribution in [0.4, 0.5) is 4.39 Å². The first-order valence-electron chi connectivity index (χ1n) is 6.56. The van der Waals surface area contributed by atoms with Crippen molar-refractivity contribution in [1.29, 1.82) is 0 Å². The van der Waals surface area contributed by atoms with E-state index in [1.165, 1.54) is 35.3 Å². The molecule has 0 N–H and O–H groups in total. The summed E-state index contributed by atoms with van der Waals surface area (Å²) in [5.74, 6) is -1.22. The van der Waals surface area contributed by atoms with E-state index in [1.807, 2.05) is 0 Å². The lowest BCUT2D eigenvalue weighted by atomic mass is 10.2. The first-order valence-corrected chi connectivity index (χ1v) is 6.56. The molecular formula is C16H18FNO3. The van der Waals surface area contributed by atoms with Crippen molar-refractivity contribution >= 4 is 18.0 Å². The Morgan fingerprint density at radius 1 is 1.43 bits per heavy atom. The predicted octanol–water partition coefficient (Wildman–Crippen LogP) is 2.42. The van der Waals surface area contributed by atoms with Gasteiger partial charge in [0.05, 0.1) is 6.61 Å². The fourth-order valence-electron chi connectivity index (χ4n) is 1.63. The van der Waals surface area contributed by atoms with E-state index in [0.717, 1.165) is 0 Å². The molecule has 21 heavy (non-hydrogen) atoms. The van der Waals surface area contributed by atoms with E-state index in [1.54, 1.807) is 19.1 Å². The minimum absolute atomic E-state index is 0.147. The van der Waals surface area contributed by atoms with E-state index >= 15 is 0 Å². The number of carbonyl (C=O) groups excluding carboxylic acids is 2. The van der Waals surface area contributed by atoms with Gasteiger partial charge in [-0.15, -0.1) is 6.58 Å². The Kier molecular flexibility index (Phi) is 6.87. The lowest BCUT2D eigenvalue weighted by Crippen LogP contribution is -2.35. The minimum atomic E-state index is -0.480. The summed E-state index contributed by atoms with van der Waals surface area (Å²) in [6, 6.07) is 5.87. The van der Waals surface area contributed by atoms with Crippen molar-refractivity contribution in [2.24, 2.45) is 0 Å². The van der Waals surface area contributed by atoms with Gasteiger partial charge in [0, 0.05) is 12.6 Å². The van der Waals surface area contributed by atoms with Gasteiger partial charge in [0.25, 0.3) is 0 Å². The number of esters is 1. The summed E-state index contributed by atoms with van der Waals surface area (Å²) in [4.78, 5) is 24.7. The molecule has 0 aliphatic rings. The van der Waals surface area contributed by atoms with Crippen molar-refractivity contribution in [3.63, 3.8) is 0 Å². The second-order valence-electron chi connectivity index (χ2n) is 4.20. The fourth-order valence-corrected chi connectivity index (χ4v) is 1.63. The highest BCUT2D eigenvalue weighted by atomic mass is 19.1. The second kappa shape index (κ2) is 8.68. The Labute approximate surface area is 123 Å². The molecule has 0 fully saturated rings. The van der Waals surface area contributed by atoms with Gasteiger partial charge in [-0.1, -0.05) is 18.2 Å². The molecule has 112 valence electrons. The zero-order valence-corrected chi connectivity index (χ0v) is 11.9. The fraction of sp³-hybridized carbons (Fsp3) is 0.250. The summed E-state index contributed by atoms with van der Waals surface area (Å²) >= 11 is 0. The smallest absolute Gasteiger partial charge is 0.325 e. The molecule has 5 heteroatoms. The van der Waals surface area contributed by atoms with E-state index in [0.29, 0.717) is 5.56 Å². The normalized spacial score (nSPS) is 10.4. The first-order chi connectivity index (χ1) is 10.1. The van der Waals surface area contributed by atoms with Crippen LogP contribution >= 0.6 is 0 Å². The van der Waals surface area contributed by atoms with Crippen molar-refractivity contribution in [3.8, 4) is 0 Å². The third kappa shape index (κ3) is 6.03. The summed E-state index contributed by atoms with van der Waals surface area (Å²) in [7, 11) is 0. The molecule has 0 saturated heterocycles. The summed E-state index contributed by atoms with van der Waals surface area (Å²) in [6.07, 6.45) is 4.30. The first kappa shape index (κ1) is 16.6. The molecule has 0 aliphatic heterocycles. The number of nitrogens with zero attached hydrogens (tertiary/aromatic N) is 1. The zero-order chi connectivity index (χ0) is 15.7. The molecule has 0 aromatic heterocycles. The number of carbonyl (C=O) groups is 2. The van der Waals surface area contributed by atoms with Crippen LogP contribution in [-0.2, 0) is 14.3 Å². The maximum Gasteiger partial charge on any atom is 0.325 e. The third-order valence-corrected chi connectivity index (χ3v) is 2.55. The van der Waals surface area contributed by atoms with Gasteiger partial charge in [0.2, 0.25) is 5.91 Å². The maximum atomic E-state index is 13.0. The van der Waals surface area contributed by atoms with Gasteiger partial charge in [-0.05, 0) is 30.7 Å². The Hall–Kier alpha value is -2.43. The molecule has 0 radical (unpaired) electrons. The molecule has 0 unspecified atom stereocenters. The van der Waals surface area contributed by atoms with Crippen LogP contribution in [0.2, 0.25) is 0 Å². The highest BCUT2D eigenvalue weighted by Crippen LogP contribution is 2.06. The van der Waals surface area contributed by atoms with Crippen LogP contribution in [0.1, 0.15) is 12.5 Å². The van der Waals surface area contributed by atoms with Gasteiger partial charge in [0.1, 0.15) is 12.4 Å². The number of rotatable bonds is 7. The molecule has 1 aromatic rings. The molecule has 0 saturated carbocycles. The molecule has 1 amide bonds. The third-order valence-electron chi connectivity index (χ3n) is 2.55. The number of amides is 1. The molecule has 1 aromatic carbocycles. The van der Waals surface area contributed by atoms with Gasteiger partial charge in [-0.25, -0.2) is 4.39 Å². The largest absolute Gasteiger partial charge is 0.465 e. The maximum absolute atomic E-state index is 13.0. The van der Waals surface area contributed by atoms with Crippen LogP contribution in [0.15, 0.2) is 43.0 Å². The van der Waals surface area contributed by atoms with E-state index in [2.05, 4.69) is 6.58 Å². The molecule has 0 heterocycles. The number of halogens is 1. The second-order valence-corrected chi connectivity index (χ2v) is 4.20. The molecule has 0 spiro atoms. The van der Waals surface area contributed by atoms with E-state index in [-0.39, 0.29) is 31.4 Å². The zero-order valence-electron chi connectivity index (χ0n) is 11.9. The van der Waals surface area contributed by atoms with Gasteiger partial charge in [-0.2, -0.15) is 0 Å². The van der Waals surface area contributed by atoms with Crippen LogP contribution in [0, 0.1) is 5.82 Å². The summed E-state index contributed by atoms with van der Waals surface area (Å²) < 4.78 is 17.8. The van der Waals surface area contributed by atoms with Crippen LogP contribution in [-0.4, -0.2) is 36.5 Å². The average Bonchev–Trinajstić information content (AvgIpc) is 2.44. The van der Waals surface area contributed by atoms with E-state index < -0.39 is 5.97 Å². The molecule has 0 bridgehead atoms. The monoisotopic (exact) mass is 291 g/mol. The van der Waals surface area contributed by atoms with Crippen molar-refractivity contribution < 1.29 is 18.7 Å². The Bertz CT molecular complexity index is 540. The van der Waals surface area contributed by atoms with Crippen molar-refractivity contribution in [2.75, 3.05) is 19.7 Å². The average molecular weight is 291 g/mol. The van der Waals surface area contributed by atoms with Gasteiger partial charge < -0.3 is 9.64 Å². The number of hydrogen-bond acceptors (Lipinski definition) is 3. The standard InChI is InChI=1S/C16H18FNO3/c1-3-10-18(12-16(20)21-4-2)15(19)9-8-13-6-5-7-14(17)11-13/h3,5-9,11H,1,4,10,12H2,2H3/b9-8+. The van der Waals surface area contributed by atoms with Crippen LogP contribution in [0.5, 0.6) is 0 Å². The summed E-state index contributed by atoms with van der Waals surface area (Å²) in [5, 5.41) is 0. The molecule has 0 aliphatic carbocycles. The lowest BCUT2D eigenvalue weighted by molar-refractivity contribution is -0.147. The van der Waals surface area contributed by atoms with Crippen LogP contribution in [0.3, 0.4) is 0 Å². The summed E-state index contributed by atoms with van der Waals surface area (Å²) in [6.45, 7) is 5.58. The molecule has 4 nitrogen and oxygen atoms in total. The van der Waals surface area contributed by atoms with E-state index in [9.17, 15) is 14.0 Å². The molecular weight excluding hydrogens is 273 g/mol. The van der Waals surface area contributed by atoms with Crippen molar-refractivity contribution in [3.05, 3.63) is 54.4 Å². The topological polar surface area (TPSA) is 46.6 Å². The number of ether oxygens (including phenoxy) is 1. The number of benzene rings is 1. The Balaban J connectivity index is 2.72. The Morgan fingerprint density at radius 3 is 2.81 bits per heavy atom. The van der Waals surface area contributed by atoms with Crippen LogP contribution in [0.25, 0.3) is 6.08 Å². The van der Waals surface area contributed by atoms with Crippen molar-refractivity contribution in [2.45, 2.75) is 6.92 Å². The van der Waals surface area contributed by atoms with Gasteiger partial charge in [-0.3, -0.25) is 9.59 Å². The minimum Gasteiger partial charge on any atom is -0.465 e. The lowest BCUT2D eigenvalue weighted by Gasteiger charge is -2.18. The quantitative estimate of drug-likeness (QED) is 0.440.